The molecule has 0 atom stereocenters. The fourth-order valence-electron chi connectivity index (χ4n) is 2.04. The largest absolute Gasteiger partial charge is 0.329 e. The van der Waals surface area contributed by atoms with Crippen LogP contribution in [0.25, 0.3) is 17.0 Å². The van der Waals surface area contributed by atoms with Gasteiger partial charge in [0, 0.05) is 30.0 Å². The number of aromatic nitrogens is 2. The number of allylic oxidation sites excluding steroid dienone is 2. The highest BCUT2D eigenvalue weighted by molar-refractivity contribution is 6.06. The summed E-state index contributed by atoms with van der Waals surface area (Å²) in [6, 6.07) is 2.82. The summed E-state index contributed by atoms with van der Waals surface area (Å²) in [7, 11) is 0. The van der Waals surface area contributed by atoms with E-state index in [-0.39, 0.29) is 11.1 Å². The van der Waals surface area contributed by atoms with E-state index < -0.39 is 17.0 Å². The van der Waals surface area contributed by atoms with E-state index in [0.29, 0.717) is 5.39 Å². The molecule has 0 fully saturated rings. The van der Waals surface area contributed by atoms with Gasteiger partial charge in [-0.25, -0.2) is 0 Å². The van der Waals surface area contributed by atoms with Crippen LogP contribution in [-0.2, 0) is 0 Å². The normalized spacial score (nSPS) is 17.2. The van der Waals surface area contributed by atoms with Gasteiger partial charge in [-0.15, -0.1) is 0 Å². The van der Waals surface area contributed by atoms with Gasteiger partial charge in [-0.3, -0.25) is 19.0 Å². The van der Waals surface area contributed by atoms with Gasteiger partial charge in [0.1, 0.15) is 5.69 Å². The smallest absolute Gasteiger partial charge is 0.272 e. The lowest BCUT2D eigenvalue weighted by Crippen LogP contribution is -2.29. The number of aromatic amines is 1. The number of carbonyl (C=O) groups excluding carboxylic acids is 1. The molecule has 19 heavy (non-hydrogen) atoms. The van der Waals surface area contributed by atoms with Gasteiger partial charge in [-0.2, -0.15) is 0 Å². The first-order valence-electron chi connectivity index (χ1n) is 5.59. The van der Waals surface area contributed by atoms with Crippen LogP contribution in [0.2, 0.25) is 0 Å². The molecule has 0 aromatic carbocycles. The van der Waals surface area contributed by atoms with Gasteiger partial charge in [-0.1, -0.05) is 0 Å². The Balaban J connectivity index is 2.54. The highest BCUT2D eigenvalue weighted by atomic mass is 16.2. The molecular weight excluding hydrogens is 246 g/mol. The van der Waals surface area contributed by atoms with Gasteiger partial charge >= 0.3 is 0 Å². The number of carbonyl (C=O) groups is 1. The van der Waals surface area contributed by atoms with E-state index in [9.17, 15) is 14.4 Å². The third-order valence-corrected chi connectivity index (χ3v) is 2.87. The van der Waals surface area contributed by atoms with Crippen LogP contribution in [0.4, 0.5) is 0 Å². The number of nitrogens with one attached hydrogen (secondary N) is 2. The first kappa shape index (κ1) is 11.2. The summed E-state index contributed by atoms with van der Waals surface area (Å²) >= 11 is 0. The molecule has 0 aliphatic carbocycles. The number of hydrogen-bond acceptors (Lipinski definition) is 3. The second-order valence-corrected chi connectivity index (χ2v) is 4.01. The maximum absolute atomic E-state index is 12.1. The summed E-state index contributed by atoms with van der Waals surface area (Å²) in [5.41, 5.74) is -0.678. The third kappa shape index (κ3) is 1.70. The molecular formula is C13H9N3O3. The van der Waals surface area contributed by atoms with Crippen molar-refractivity contribution in [3.8, 4) is 0 Å². The molecule has 6 heteroatoms. The van der Waals surface area contributed by atoms with E-state index in [4.69, 9.17) is 0 Å². The maximum atomic E-state index is 12.1. The van der Waals surface area contributed by atoms with Crippen molar-refractivity contribution in [2.45, 2.75) is 0 Å². The van der Waals surface area contributed by atoms with Gasteiger partial charge in [-0.05, 0) is 18.2 Å². The van der Waals surface area contributed by atoms with Crippen molar-refractivity contribution in [3.05, 3.63) is 63.1 Å². The molecule has 0 saturated heterocycles. The quantitative estimate of drug-likeness (QED) is 0.715. The standard InChI is InChI=1S/C13H9N3O3/c17-10-7-9-8(3-5-15-12(9)18)11-13(19)14-4-1-2-6-16(10)11/h1-7H,(H,14,19)(H,15,18)/b4-1-,6-2-. The predicted molar refractivity (Wildman–Crippen MR) is 70.8 cm³/mol. The number of H-pyrrole nitrogens is 1. The molecule has 3 heterocycles. The van der Waals surface area contributed by atoms with Crippen LogP contribution in [0, 0.1) is 0 Å². The number of pyridine rings is 2. The predicted octanol–water partition coefficient (Wildman–Crippen LogP) is 0.418. The number of hydrogen-bond donors (Lipinski definition) is 2. The Morgan fingerprint density at radius 3 is 2.74 bits per heavy atom. The van der Waals surface area contributed by atoms with E-state index >= 15 is 0 Å². The summed E-state index contributed by atoms with van der Waals surface area (Å²) in [5, 5.41) is 3.17. The Morgan fingerprint density at radius 2 is 1.89 bits per heavy atom. The van der Waals surface area contributed by atoms with Crippen LogP contribution in [0.15, 0.2) is 46.3 Å². The second kappa shape index (κ2) is 4.09. The topological polar surface area (TPSA) is 84.0 Å². The van der Waals surface area contributed by atoms with E-state index in [1.54, 1.807) is 18.2 Å². The zero-order valence-corrected chi connectivity index (χ0v) is 9.71. The SMILES string of the molecule is O=C1N/C=C\C=C/n2c1c1cc[nH]c(=O)c1cc2=O. The number of amides is 1. The lowest BCUT2D eigenvalue weighted by Gasteiger charge is -2.12. The summed E-state index contributed by atoms with van der Waals surface area (Å²) < 4.78 is 1.22. The van der Waals surface area contributed by atoms with Crippen molar-refractivity contribution in [1.29, 1.82) is 0 Å². The van der Waals surface area contributed by atoms with Crippen LogP contribution in [0.5, 0.6) is 0 Å². The molecule has 1 aliphatic heterocycles. The Hall–Kier alpha value is -2.89. The first-order valence-corrected chi connectivity index (χ1v) is 5.59. The number of nitrogens with zero attached hydrogens (tertiary/aromatic N) is 1. The van der Waals surface area contributed by atoms with Crippen molar-refractivity contribution in [1.82, 2.24) is 14.9 Å². The average molecular weight is 255 g/mol. The van der Waals surface area contributed by atoms with Crippen LogP contribution < -0.4 is 16.4 Å². The van der Waals surface area contributed by atoms with Crippen molar-refractivity contribution in [2.75, 3.05) is 0 Å². The molecule has 94 valence electrons. The lowest BCUT2D eigenvalue weighted by atomic mass is 10.1. The number of fused-ring (bicyclic) bond motifs is 3. The molecule has 0 unspecified atom stereocenters. The Kier molecular flexibility index (Phi) is 2.42. The van der Waals surface area contributed by atoms with Crippen molar-refractivity contribution in [2.24, 2.45) is 0 Å². The lowest BCUT2D eigenvalue weighted by molar-refractivity contribution is 0.0964. The molecule has 2 aromatic rings. The minimum Gasteiger partial charge on any atom is -0.329 e. The summed E-state index contributed by atoms with van der Waals surface area (Å²) in [5.74, 6) is -0.436. The van der Waals surface area contributed by atoms with E-state index in [1.165, 1.54) is 29.2 Å². The van der Waals surface area contributed by atoms with Gasteiger partial charge in [0.15, 0.2) is 0 Å². The van der Waals surface area contributed by atoms with E-state index in [1.807, 2.05) is 0 Å². The Morgan fingerprint density at radius 1 is 1.05 bits per heavy atom. The molecule has 2 N–H and O–H groups in total. The molecule has 3 rings (SSSR count). The molecule has 6 nitrogen and oxygen atoms in total. The fourth-order valence-corrected chi connectivity index (χ4v) is 2.04. The monoisotopic (exact) mass is 255 g/mol. The van der Waals surface area contributed by atoms with Crippen LogP contribution in [0.1, 0.15) is 10.5 Å². The summed E-state index contributed by atoms with van der Waals surface area (Å²) in [6.45, 7) is 0. The Bertz CT molecular complexity index is 856. The van der Waals surface area contributed by atoms with Crippen molar-refractivity contribution in [3.63, 3.8) is 0 Å². The average Bonchev–Trinajstić information content (AvgIpc) is 2.36. The van der Waals surface area contributed by atoms with Crippen LogP contribution in [-0.4, -0.2) is 15.5 Å². The Labute approximate surface area is 106 Å². The number of rotatable bonds is 0. The fraction of sp³-hybridized carbons (Fsp3) is 0. The van der Waals surface area contributed by atoms with Crippen molar-refractivity contribution < 1.29 is 4.79 Å². The summed E-state index contributed by atoms with van der Waals surface area (Å²) in [6.07, 6.45) is 7.65. The minimum atomic E-state index is -0.436. The molecule has 1 aliphatic rings. The minimum absolute atomic E-state index is 0.147. The van der Waals surface area contributed by atoms with E-state index in [2.05, 4.69) is 10.3 Å². The zero-order chi connectivity index (χ0) is 13.4. The molecule has 2 aromatic heterocycles. The van der Waals surface area contributed by atoms with Gasteiger partial charge in [0.25, 0.3) is 17.0 Å². The molecule has 1 amide bonds. The van der Waals surface area contributed by atoms with Crippen molar-refractivity contribution >= 4 is 22.9 Å². The molecule has 0 spiro atoms. The molecule has 0 bridgehead atoms. The van der Waals surface area contributed by atoms with E-state index in [0.717, 1.165) is 0 Å². The zero-order valence-electron chi connectivity index (χ0n) is 9.71. The van der Waals surface area contributed by atoms with Crippen LogP contribution >= 0.6 is 0 Å². The first-order chi connectivity index (χ1) is 9.18. The highest BCUT2D eigenvalue weighted by Gasteiger charge is 2.17. The summed E-state index contributed by atoms with van der Waals surface area (Å²) in [4.78, 5) is 38.3. The molecule has 0 radical (unpaired) electrons. The van der Waals surface area contributed by atoms with Gasteiger partial charge in [0.05, 0.1) is 5.39 Å². The van der Waals surface area contributed by atoms with Gasteiger partial charge in [0.2, 0.25) is 0 Å². The maximum Gasteiger partial charge on any atom is 0.272 e. The van der Waals surface area contributed by atoms with Crippen LogP contribution in [0.3, 0.4) is 0 Å². The highest BCUT2D eigenvalue weighted by Crippen LogP contribution is 2.14. The third-order valence-electron chi connectivity index (χ3n) is 2.87. The van der Waals surface area contributed by atoms with Gasteiger partial charge < -0.3 is 10.3 Å². The second-order valence-electron chi connectivity index (χ2n) is 4.01. The molecule has 0 saturated carbocycles.